The molecule has 0 aliphatic rings. The topological polar surface area (TPSA) is 46.9 Å². The second-order valence-electron chi connectivity index (χ2n) is 8.78. The molecule has 0 aliphatic heterocycles. The smallest absolute Gasteiger partial charge is 0.229 e. The van der Waals surface area contributed by atoms with E-state index in [1.54, 1.807) is 0 Å². The van der Waals surface area contributed by atoms with Gasteiger partial charge >= 0.3 is 0 Å². The van der Waals surface area contributed by atoms with Crippen LogP contribution in [0.25, 0.3) is 16.5 Å². The zero-order valence-corrected chi connectivity index (χ0v) is 17.9. The van der Waals surface area contributed by atoms with Gasteiger partial charge in [0.15, 0.2) is 0 Å². The van der Waals surface area contributed by atoms with Gasteiger partial charge in [-0.25, -0.2) is 4.68 Å². The maximum Gasteiger partial charge on any atom is 0.229 e. The standard InChI is InChI=1S/C26H27N3O/c1-18-12-14-21(15-13-18)29-24(17-23(28-29)26(2,3)4)27-25(30)16-20-10-7-9-19-8-5-6-11-22(19)20/h5-15,17H,16H2,1-4H3,(H,27,30). The fourth-order valence-electron chi connectivity index (χ4n) is 3.53. The van der Waals surface area contributed by atoms with Crippen LogP contribution < -0.4 is 5.32 Å². The molecule has 0 bridgehead atoms. The van der Waals surface area contributed by atoms with Gasteiger partial charge in [0, 0.05) is 11.5 Å². The number of amides is 1. The first kappa shape index (κ1) is 19.9. The van der Waals surface area contributed by atoms with Crippen molar-refractivity contribution < 1.29 is 4.79 Å². The quantitative estimate of drug-likeness (QED) is 0.472. The first-order valence-electron chi connectivity index (χ1n) is 10.3. The summed E-state index contributed by atoms with van der Waals surface area (Å²) < 4.78 is 1.82. The van der Waals surface area contributed by atoms with Gasteiger partial charge in [0.2, 0.25) is 5.91 Å². The molecule has 0 unspecified atom stereocenters. The van der Waals surface area contributed by atoms with E-state index in [1.165, 1.54) is 5.56 Å². The maximum absolute atomic E-state index is 13.0. The van der Waals surface area contributed by atoms with Crippen LogP contribution in [0.4, 0.5) is 5.82 Å². The summed E-state index contributed by atoms with van der Waals surface area (Å²) in [5, 5.41) is 10.1. The van der Waals surface area contributed by atoms with Gasteiger partial charge in [-0.3, -0.25) is 4.79 Å². The lowest BCUT2D eigenvalue weighted by molar-refractivity contribution is -0.115. The van der Waals surface area contributed by atoms with Crippen LogP contribution in [0.5, 0.6) is 0 Å². The third-order valence-corrected chi connectivity index (χ3v) is 5.25. The van der Waals surface area contributed by atoms with E-state index >= 15 is 0 Å². The summed E-state index contributed by atoms with van der Waals surface area (Å²) in [7, 11) is 0. The molecule has 4 nitrogen and oxygen atoms in total. The molecule has 30 heavy (non-hydrogen) atoms. The number of aromatic nitrogens is 2. The van der Waals surface area contributed by atoms with E-state index in [2.05, 4.69) is 63.3 Å². The number of hydrogen-bond donors (Lipinski definition) is 1. The number of rotatable bonds is 4. The molecule has 4 heteroatoms. The zero-order valence-electron chi connectivity index (χ0n) is 17.9. The van der Waals surface area contributed by atoms with Crippen LogP contribution >= 0.6 is 0 Å². The van der Waals surface area contributed by atoms with E-state index in [4.69, 9.17) is 5.10 Å². The summed E-state index contributed by atoms with van der Waals surface area (Å²) in [6.07, 6.45) is 0.311. The van der Waals surface area contributed by atoms with Gasteiger partial charge in [-0.1, -0.05) is 80.9 Å². The molecule has 0 saturated carbocycles. The predicted octanol–water partition coefficient (Wildman–Crippen LogP) is 5.81. The number of hydrogen-bond acceptors (Lipinski definition) is 2. The summed E-state index contributed by atoms with van der Waals surface area (Å²) in [4.78, 5) is 13.0. The number of aryl methyl sites for hydroxylation is 1. The molecule has 1 aromatic heterocycles. The lowest BCUT2D eigenvalue weighted by Gasteiger charge is -2.14. The Bertz CT molecular complexity index is 1190. The molecule has 4 aromatic rings. The Morgan fingerprint density at radius 2 is 1.67 bits per heavy atom. The number of benzene rings is 3. The van der Waals surface area contributed by atoms with Crippen LogP contribution in [0.2, 0.25) is 0 Å². The van der Waals surface area contributed by atoms with Gasteiger partial charge in [0.25, 0.3) is 0 Å². The molecule has 0 spiro atoms. The third-order valence-electron chi connectivity index (χ3n) is 5.25. The number of anilines is 1. The highest BCUT2D eigenvalue weighted by Crippen LogP contribution is 2.27. The Morgan fingerprint density at radius 3 is 2.40 bits per heavy atom. The van der Waals surface area contributed by atoms with E-state index in [0.717, 1.165) is 27.7 Å². The Morgan fingerprint density at radius 1 is 0.967 bits per heavy atom. The van der Waals surface area contributed by atoms with Crippen molar-refractivity contribution in [2.24, 2.45) is 0 Å². The van der Waals surface area contributed by atoms with Crippen molar-refractivity contribution in [3.63, 3.8) is 0 Å². The van der Waals surface area contributed by atoms with Crippen LogP contribution in [-0.4, -0.2) is 15.7 Å². The average molecular weight is 398 g/mol. The fourth-order valence-corrected chi connectivity index (χ4v) is 3.53. The maximum atomic E-state index is 13.0. The van der Waals surface area contributed by atoms with Crippen LogP contribution in [0.15, 0.2) is 72.8 Å². The van der Waals surface area contributed by atoms with E-state index < -0.39 is 0 Å². The van der Waals surface area contributed by atoms with Gasteiger partial charge in [-0.15, -0.1) is 0 Å². The molecule has 3 aromatic carbocycles. The fraction of sp³-hybridized carbons (Fsp3) is 0.231. The number of fused-ring (bicyclic) bond motifs is 1. The first-order chi connectivity index (χ1) is 14.3. The molecule has 4 rings (SSSR count). The van der Waals surface area contributed by atoms with Crippen molar-refractivity contribution in [2.45, 2.75) is 39.5 Å². The molecule has 0 radical (unpaired) electrons. The Kier molecular flexibility index (Phi) is 5.17. The largest absolute Gasteiger partial charge is 0.310 e. The van der Waals surface area contributed by atoms with Gasteiger partial charge in [-0.05, 0) is 35.4 Å². The lowest BCUT2D eigenvalue weighted by Crippen LogP contribution is -2.17. The summed E-state index contributed by atoms with van der Waals surface area (Å²) in [6.45, 7) is 8.42. The molecule has 152 valence electrons. The molecule has 1 amide bonds. The second kappa shape index (κ2) is 7.79. The van der Waals surface area contributed by atoms with Crippen molar-refractivity contribution in [3.05, 3.63) is 89.6 Å². The number of nitrogens with zero attached hydrogens (tertiary/aromatic N) is 2. The molecule has 0 saturated heterocycles. The Labute approximate surface area is 177 Å². The Balaban J connectivity index is 1.65. The minimum atomic E-state index is -0.120. The SMILES string of the molecule is Cc1ccc(-n2nc(C(C)(C)C)cc2NC(=O)Cc2cccc3ccccc23)cc1. The van der Waals surface area contributed by atoms with Crippen molar-refractivity contribution in [3.8, 4) is 5.69 Å². The highest BCUT2D eigenvalue weighted by molar-refractivity contribution is 5.96. The predicted molar refractivity (Wildman–Crippen MR) is 123 cm³/mol. The summed E-state index contributed by atoms with van der Waals surface area (Å²) in [6, 6.07) is 24.4. The van der Waals surface area contributed by atoms with E-state index in [9.17, 15) is 4.79 Å². The Hall–Kier alpha value is -3.40. The van der Waals surface area contributed by atoms with E-state index in [-0.39, 0.29) is 11.3 Å². The van der Waals surface area contributed by atoms with Gasteiger partial charge in [-0.2, -0.15) is 5.10 Å². The van der Waals surface area contributed by atoms with Crippen LogP contribution in [-0.2, 0) is 16.6 Å². The minimum absolute atomic E-state index is 0.0555. The van der Waals surface area contributed by atoms with Crippen molar-refractivity contribution in [1.82, 2.24) is 9.78 Å². The van der Waals surface area contributed by atoms with Gasteiger partial charge in [0.1, 0.15) is 5.82 Å². The highest BCUT2D eigenvalue weighted by Gasteiger charge is 2.21. The molecule has 1 heterocycles. The molecular formula is C26H27N3O. The summed E-state index contributed by atoms with van der Waals surface area (Å²) in [5.41, 5.74) is 3.94. The van der Waals surface area contributed by atoms with E-state index in [0.29, 0.717) is 12.2 Å². The number of carbonyl (C=O) groups is 1. The summed E-state index contributed by atoms with van der Waals surface area (Å²) in [5.74, 6) is 0.633. The lowest BCUT2D eigenvalue weighted by atomic mass is 9.92. The molecule has 1 N–H and O–H groups in total. The second-order valence-corrected chi connectivity index (χ2v) is 8.78. The number of nitrogens with one attached hydrogen (secondary N) is 1. The average Bonchev–Trinajstić information content (AvgIpc) is 3.13. The number of carbonyl (C=O) groups excluding carboxylic acids is 1. The minimum Gasteiger partial charge on any atom is -0.310 e. The molecule has 0 aliphatic carbocycles. The third kappa shape index (κ3) is 4.13. The summed E-state index contributed by atoms with van der Waals surface area (Å²) >= 11 is 0. The molecule has 0 fully saturated rings. The van der Waals surface area contributed by atoms with Crippen molar-refractivity contribution in [1.29, 1.82) is 0 Å². The van der Waals surface area contributed by atoms with Crippen LogP contribution in [0.3, 0.4) is 0 Å². The molecular weight excluding hydrogens is 370 g/mol. The van der Waals surface area contributed by atoms with E-state index in [1.807, 2.05) is 47.1 Å². The zero-order chi connectivity index (χ0) is 21.3. The highest BCUT2D eigenvalue weighted by atomic mass is 16.1. The normalized spacial score (nSPS) is 11.6. The van der Waals surface area contributed by atoms with Crippen molar-refractivity contribution in [2.75, 3.05) is 5.32 Å². The molecule has 0 atom stereocenters. The van der Waals surface area contributed by atoms with Gasteiger partial charge < -0.3 is 5.32 Å². The van der Waals surface area contributed by atoms with Crippen molar-refractivity contribution >= 4 is 22.5 Å². The van der Waals surface area contributed by atoms with Crippen LogP contribution in [0.1, 0.15) is 37.6 Å². The van der Waals surface area contributed by atoms with Gasteiger partial charge in [0.05, 0.1) is 17.8 Å². The monoisotopic (exact) mass is 397 g/mol. The first-order valence-corrected chi connectivity index (χ1v) is 10.3. The van der Waals surface area contributed by atoms with Crippen LogP contribution in [0, 0.1) is 6.92 Å².